The highest BCUT2D eigenvalue weighted by atomic mass is 14.9. The van der Waals surface area contributed by atoms with Crippen LogP contribution in [0.25, 0.3) is 142 Å². The van der Waals surface area contributed by atoms with Gasteiger partial charge in [0.15, 0.2) is 0 Å². The fourth-order valence-corrected chi connectivity index (χ4v) is 13.8. The third kappa shape index (κ3) is 7.03. The largest absolute Gasteiger partial charge is 0.308 e. The molecule has 15 rings (SSSR count). The normalized spacial score (nSPS) is 13.2. The predicted octanol–water partition coefficient (Wildman–Crippen LogP) is 22.2. The van der Waals surface area contributed by atoms with E-state index >= 15 is 0 Å². The second kappa shape index (κ2) is 16.6. The Kier molecular flexibility index (Phi) is 10.1. The molecule has 11 aromatic carbocycles. The zero-order valence-corrected chi connectivity index (χ0v) is 48.4. The fraction of sp³-hybridized carbons (Fsp3) is 0.205. The summed E-state index contributed by atoms with van der Waals surface area (Å²) in [5, 5.41) is 15.5. The molecule has 0 amide bonds. The van der Waals surface area contributed by atoms with Crippen LogP contribution in [0.5, 0.6) is 0 Å². The van der Waals surface area contributed by atoms with Gasteiger partial charge in [-0.1, -0.05) is 204 Å². The van der Waals surface area contributed by atoms with Crippen molar-refractivity contribution >= 4 is 97.7 Å². The highest BCUT2D eigenvalue weighted by molar-refractivity contribution is 6.33. The molecular weight excluding hydrogens is 965 g/mol. The van der Waals surface area contributed by atoms with Crippen LogP contribution in [0.3, 0.4) is 0 Å². The van der Waals surface area contributed by atoms with Crippen molar-refractivity contribution in [2.24, 2.45) is 0 Å². The molecule has 80 heavy (non-hydrogen) atoms. The molecule has 2 nitrogen and oxygen atoms in total. The number of hydrogen-bond acceptors (Lipinski definition) is 0. The molecule has 15 aromatic rings. The minimum atomic E-state index is -0.0708. The minimum absolute atomic E-state index is 0.00520. The molecule has 0 aliphatic heterocycles. The van der Waals surface area contributed by atoms with Crippen molar-refractivity contribution in [3.8, 4) is 44.5 Å². The fourth-order valence-electron chi connectivity index (χ4n) is 13.8. The predicted molar refractivity (Wildman–Crippen MR) is 347 cm³/mol. The Morgan fingerprint density at radius 2 is 0.512 bits per heavy atom. The van der Waals surface area contributed by atoms with Crippen molar-refractivity contribution in [1.29, 1.82) is 0 Å². The van der Waals surface area contributed by atoms with Crippen LogP contribution in [-0.2, 0) is 21.7 Å². The average Bonchev–Trinajstić information content (AvgIpc) is 4.26. The molecule has 4 aromatic heterocycles. The molecule has 0 aliphatic rings. The molecule has 0 saturated heterocycles. The first kappa shape index (κ1) is 48.6. The van der Waals surface area contributed by atoms with Gasteiger partial charge in [-0.15, -0.1) is 0 Å². The monoisotopic (exact) mass is 1030 g/mol. The third-order valence-electron chi connectivity index (χ3n) is 18.2. The van der Waals surface area contributed by atoms with Gasteiger partial charge in [0.2, 0.25) is 0 Å². The first-order valence-corrected chi connectivity index (χ1v) is 28.9. The van der Waals surface area contributed by atoms with Gasteiger partial charge in [0.25, 0.3) is 0 Å². The lowest BCUT2D eigenvalue weighted by molar-refractivity contribution is 0.590. The lowest BCUT2D eigenvalue weighted by Gasteiger charge is -2.22. The van der Waals surface area contributed by atoms with Crippen LogP contribution in [0.1, 0.15) is 105 Å². The second-order valence-corrected chi connectivity index (χ2v) is 27.4. The van der Waals surface area contributed by atoms with Crippen LogP contribution in [0.2, 0.25) is 0 Å². The Labute approximate surface area is 469 Å². The van der Waals surface area contributed by atoms with E-state index in [2.05, 4.69) is 286 Å². The summed E-state index contributed by atoms with van der Waals surface area (Å²) in [5.74, 6) is 0. The molecule has 0 radical (unpaired) electrons. The van der Waals surface area contributed by atoms with Gasteiger partial charge < -0.3 is 8.80 Å². The molecule has 0 bridgehead atoms. The Hall–Kier alpha value is -8.46. The second-order valence-electron chi connectivity index (χ2n) is 27.4. The standard InChI is InChI=1S/C78H68N2/c1-75(2,3)47-31-33-67-55(35-47)63-37-49(77(7,8)9)39-65-57-41-59-61(43-69(57)79(67)73(63)65)71(53-29-21-19-27-51(53)45-23-15-13-16-24-45)60-42-58-66-40-50(78(10,11)12)38-64-56-36-48(76(4,5)6)32-34-68(56)80(74(64)66)70(58)44-62(60)72(59)54-30-22-20-28-52(54)46-25-17-14-18-26-46/h13-44H,1-12H3. The number of hydrogen-bond donors (Lipinski definition) is 0. The van der Waals surface area contributed by atoms with Gasteiger partial charge in [-0.3, -0.25) is 0 Å². The lowest BCUT2D eigenvalue weighted by atomic mass is 9.81. The molecule has 4 heterocycles. The average molecular weight is 1030 g/mol. The number of fused-ring (bicyclic) bond motifs is 14. The van der Waals surface area contributed by atoms with E-state index in [-0.39, 0.29) is 21.7 Å². The van der Waals surface area contributed by atoms with Crippen molar-refractivity contribution in [3.05, 3.63) is 216 Å². The van der Waals surface area contributed by atoms with E-state index in [9.17, 15) is 0 Å². The SMILES string of the molecule is CC(C)(C)c1ccc2c(c1)c1cc(C(C)(C)C)cc3c4cc5c(-c6ccccc6-c6ccccc6)c6cc7c(cc6c(-c6ccccc6-c6ccccc6)c5cc4n2c13)c1cc(C(C)(C)C)cc2c3cc(C(C)(C)C)ccc3n7c21. The first-order chi connectivity index (χ1) is 38.2. The van der Waals surface area contributed by atoms with Crippen LogP contribution in [0, 0.1) is 0 Å². The van der Waals surface area contributed by atoms with Crippen molar-refractivity contribution < 1.29 is 0 Å². The summed E-state index contributed by atoms with van der Waals surface area (Å²) in [7, 11) is 0. The van der Waals surface area contributed by atoms with Crippen LogP contribution < -0.4 is 0 Å². The molecule has 0 saturated carbocycles. The van der Waals surface area contributed by atoms with Crippen molar-refractivity contribution in [2.75, 3.05) is 0 Å². The number of rotatable bonds is 4. The highest BCUT2D eigenvalue weighted by Crippen LogP contribution is 2.54. The Morgan fingerprint density at radius 1 is 0.225 bits per heavy atom. The molecule has 0 atom stereocenters. The molecule has 0 unspecified atom stereocenters. The van der Waals surface area contributed by atoms with E-state index in [1.165, 1.54) is 164 Å². The van der Waals surface area contributed by atoms with Gasteiger partial charge in [-0.25, -0.2) is 0 Å². The van der Waals surface area contributed by atoms with Gasteiger partial charge in [0.1, 0.15) is 0 Å². The summed E-state index contributed by atoms with van der Waals surface area (Å²) in [4.78, 5) is 0. The van der Waals surface area contributed by atoms with Crippen LogP contribution in [-0.4, -0.2) is 8.80 Å². The highest BCUT2D eigenvalue weighted by Gasteiger charge is 2.30. The Bertz CT molecular complexity index is 4730. The molecule has 0 fully saturated rings. The quantitative estimate of drug-likeness (QED) is 0.155. The molecule has 2 heteroatoms. The maximum Gasteiger partial charge on any atom is 0.0620 e. The van der Waals surface area contributed by atoms with Crippen molar-refractivity contribution in [1.82, 2.24) is 8.80 Å². The molecule has 0 spiro atoms. The molecule has 0 N–H and O–H groups in total. The zero-order chi connectivity index (χ0) is 55.1. The van der Waals surface area contributed by atoms with Gasteiger partial charge in [0, 0.05) is 43.1 Å². The Balaban J connectivity index is 1.21. The van der Waals surface area contributed by atoms with E-state index < -0.39 is 0 Å². The van der Waals surface area contributed by atoms with Gasteiger partial charge >= 0.3 is 0 Å². The summed E-state index contributed by atoms with van der Waals surface area (Å²) in [5.41, 5.74) is 22.7. The summed E-state index contributed by atoms with van der Waals surface area (Å²) >= 11 is 0. The zero-order valence-electron chi connectivity index (χ0n) is 48.4. The lowest BCUT2D eigenvalue weighted by Crippen LogP contribution is -2.11. The van der Waals surface area contributed by atoms with Crippen molar-refractivity contribution in [3.63, 3.8) is 0 Å². The number of nitrogens with zero attached hydrogens (tertiary/aromatic N) is 2. The van der Waals surface area contributed by atoms with E-state index in [0.717, 1.165) is 0 Å². The van der Waals surface area contributed by atoms with Crippen LogP contribution in [0.4, 0.5) is 0 Å². The maximum absolute atomic E-state index is 2.61. The smallest absolute Gasteiger partial charge is 0.0620 e. The van der Waals surface area contributed by atoms with Gasteiger partial charge in [-0.2, -0.15) is 0 Å². The van der Waals surface area contributed by atoms with Crippen LogP contribution in [0.15, 0.2) is 194 Å². The summed E-state index contributed by atoms with van der Waals surface area (Å²) in [6.45, 7) is 28.2. The van der Waals surface area contributed by atoms with Crippen LogP contribution >= 0.6 is 0 Å². The first-order valence-electron chi connectivity index (χ1n) is 28.9. The topological polar surface area (TPSA) is 8.82 Å². The minimum Gasteiger partial charge on any atom is -0.308 e. The van der Waals surface area contributed by atoms with E-state index in [1.54, 1.807) is 0 Å². The number of benzene rings is 11. The summed E-state index contributed by atoms with van der Waals surface area (Å²) < 4.78 is 5.23. The Morgan fingerprint density at radius 3 is 0.850 bits per heavy atom. The molecule has 390 valence electrons. The summed E-state index contributed by atoms with van der Waals surface area (Å²) in [6, 6.07) is 75.4. The van der Waals surface area contributed by atoms with Gasteiger partial charge in [-0.05, 0) is 183 Å². The van der Waals surface area contributed by atoms with Crippen molar-refractivity contribution in [2.45, 2.75) is 105 Å². The van der Waals surface area contributed by atoms with E-state index in [0.29, 0.717) is 0 Å². The summed E-state index contributed by atoms with van der Waals surface area (Å²) in [6.07, 6.45) is 0. The molecular formula is C78H68N2. The van der Waals surface area contributed by atoms with E-state index in [1.807, 2.05) is 0 Å². The third-order valence-corrected chi connectivity index (χ3v) is 18.2. The number of aromatic nitrogens is 2. The maximum atomic E-state index is 2.61. The van der Waals surface area contributed by atoms with E-state index in [4.69, 9.17) is 0 Å². The molecule has 0 aliphatic carbocycles. The van der Waals surface area contributed by atoms with Gasteiger partial charge in [0.05, 0.1) is 33.1 Å².